The molecule has 2 rings (SSSR count). The average Bonchev–Trinajstić information content (AvgIpc) is 2.46. The first kappa shape index (κ1) is 15.8. The van der Waals surface area contributed by atoms with Crippen LogP contribution in [0.3, 0.4) is 0 Å². The highest BCUT2D eigenvalue weighted by atomic mass is 14.2. The number of benzene rings is 2. The van der Waals surface area contributed by atoms with Crippen LogP contribution in [0.2, 0.25) is 0 Å². The van der Waals surface area contributed by atoms with Crippen LogP contribution in [0, 0.1) is 0 Å². The number of rotatable bonds is 4. The summed E-state index contributed by atoms with van der Waals surface area (Å²) in [5, 5.41) is 0. The second kappa shape index (κ2) is 6.47. The van der Waals surface area contributed by atoms with Crippen LogP contribution in [0.15, 0.2) is 42.5 Å². The standard InChI is InChI=1S/C21H28/c1-14(2)18-12-19(15(3)4)21(20(13-18)16(5)6)17-10-8-7-9-11-17/h7-16H,1-6H3. The summed E-state index contributed by atoms with van der Waals surface area (Å²) in [7, 11) is 0. The van der Waals surface area contributed by atoms with Crippen LogP contribution in [0.5, 0.6) is 0 Å². The zero-order valence-electron chi connectivity index (χ0n) is 14.3. The Morgan fingerprint density at radius 3 is 1.48 bits per heavy atom. The molecule has 0 spiro atoms. The van der Waals surface area contributed by atoms with Crippen LogP contribution in [-0.2, 0) is 0 Å². The molecule has 0 saturated carbocycles. The van der Waals surface area contributed by atoms with Crippen molar-refractivity contribution in [2.45, 2.75) is 59.3 Å². The highest BCUT2D eigenvalue weighted by Gasteiger charge is 2.18. The Bertz CT molecular complexity index is 560. The molecular weight excluding hydrogens is 252 g/mol. The van der Waals surface area contributed by atoms with Gasteiger partial charge in [0.25, 0.3) is 0 Å². The minimum Gasteiger partial charge on any atom is -0.0622 e. The first-order valence-electron chi connectivity index (χ1n) is 8.15. The van der Waals surface area contributed by atoms with E-state index in [1.165, 1.54) is 27.8 Å². The lowest BCUT2D eigenvalue weighted by atomic mass is 9.82. The molecule has 0 amide bonds. The maximum Gasteiger partial charge on any atom is -0.0114 e. The lowest BCUT2D eigenvalue weighted by Crippen LogP contribution is -2.03. The Hall–Kier alpha value is -1.56. The summed E-state index contributed by atoms with van der Waals surface area (Å²) in [4.78, 5) is 0. The van der Waals surface area contributed by atoms with Gasteiger partial charge in [-0.3, -0.25) is 0 Å². The van der Waals surface area contributed by atoms with Crippen LogP contribution in [-0.4, -0.2) is 0 Å². The van der Waals surface area contributed by atoms with Gasteiger partial charge in [-0.25, -0.2) is 0 Å². The van der Waals surface area contributed by atoms with Crippen molar-refractivity contribution in [3.8, 4) is 11.1 Å². The molecule has 2 aromatic carbocycles. The maximum absolute atomic E-state index is 2.42. The van der Waals surface area contributed by atoms with Crippen molar-refractivity contribution in [1.82, 2.24) is 0 Å². The predicted molar refractivity (Wildman–Crippen MR) is 94.1 cm³/mol. The number of hydrogen-bond acceptors (Lipinski definition) is 0. The fourth-order valence-electron chi connectivity index (χ4n) is 2.89. The molecule has 112 valence electrons. The van der Waals surface area contributed by atoms with Crippen LogP contribution >= 0.6 is 0 Å². The molecule has 0 aliphatic carbocycles. The molecule has 0 atom stereocenters. The van der Waals surface area contributed by atoms with Crippen molar-refractivity contribution >= 4 is 0 Å². The quantitative estimate of drug-likeness (QED) is 0.583. The Labute approximate surface area is 130 Å². The molecule has 2 aromatic rings. The molecule has 0 heterocycles. The topological polar surface area (TPSA) is 0 Å². The van der Waals surface area contributed by atoms with E-state index < -0.39 is 0 Å². The molecule has 0 heteroatoms. The second-order valence-electron chi connectivity index (χ2n) is 6.90. The first-order valence-corrected chi connectivity index (χ1v) is 8.15. The number of hydrogen-bond donors (Lipinski definition) is 0. The van der Waals surface area contributed by atoms with Crippen molar-refractivity contribution in [2.75, 3.05) is 0 Å². The van der Waals surface area contributed by atoms with Crippen molar-refractivity contribution in [1.29, 1.82) is 0 Å². The Balaban J connectivity index is 2.77. The molecule has 0 aromatic heterocycles. The minimum absolute atomic E-state index is 0.538. The van der Waals surface area contributed by atoms with Crippen LogP contribution < -0.4 is 0 Å². The SMILES string of the molecule is CC(C)c1cc(C(C)C)c(-c2ccccc2)c(C(C)C)c1. The first-order chi connectivity index (χ1) is 9.91. The molecule has 0 unspecified atom stereocenters. The molecule has 0 bridgehead atoms. The third-order valence-corrected chi connectivity index (χ3v) is 4.19. The maximum atomic E-state index is 2.42. The third-order valence-electron chi connectivity index (χ3n) is 4.19. The van der Waals surface area contributed by atoms with Crippen LogP contribution in [0.25, 0.3) is 11.1 Å². The van der Waals surface area contributed by atoms with E-state index in [1.807, 2.05) is 0 Å². The van der Waals surface area contributed by atoms with Crippen LogP contribution in [0.1, 0.15) is 76.0 Å². The summed E-state index contributed by atoms with van der Waals surface area (Å²) in [5.74, 6) is 1.65. The summed E-state index contributed by atoms with van der Waals surface area (Å²) < 4.78 is 0. The van der Waals surface area contributed by atoms with Gasteiger partial charge in [-0.2, -0.15) is 0 Å². The van der Waals surface area contributed by atoms with Gasteiger partial charge in [-0.15, -0.1) is 0 Å². The van der Waals surface area contributed by atoms with Crippen molar-refractivity contribution < 1.29 is 0 Å². The zero-order valence-corrected chi connectivity index (χ0v) is 14.3. The summed E-state index contributed by atoms with van der Waals surface area (Å²) in [6.45, 7) is 13.8. The van der Waals surface area contributed by atoms with Gasteiger partial charge in [0.1, 0.15) is 0 Å². The van der Waals surface area contributed by atoms with Crippen molar-refractivity contribution in [3.63, 3.8) is 0 Å². The lowest BCUT2D eigenvalue weighted by Gasteiger charge is -2.23. The van der Waals surface area contributed by atoms with E-state index in [0.717, 1.165) is 0 Å². The van der Waals surface area contributed by atoms with Crippen LogP contribution in [0.4, 0.5) is 0 Å². The van der Waals surface area contributed by atoms with Gasteiger partial charge in [-0.05, 0) is 45.6 Å². The normalized spacial score (nSPS) is 11.7. The monoisotopic (exact) mass is 280 g/mol. The highest BCUT2D eigenvalue weighted by molar-refractivity contribution is 5.73. The lowest BCUT2D eigenvalue weighted by molar-refractivity contribution is 0.807. The van der Waals surface area contributed by atoms with Gasteiger partial charge < -0.3 is 0 Å². The van der Waals surface area contributed by atoms with E-state index in [1.54, 1.807) is 0 Å². The molecule has 0 fully saturated rings. The summed E-state index contributed by atoms with van der Waals surface area (Å²) in [5.41, 5.74) is 7.22. The van der Waals surface area contributed by atoms with E-state index in [4.69, 9.17) is 0 Å². The molecule has 0 aliphatic rings. The fourth-order valence-corrected chi connectivity index (χ4v) is 2.89. The molecule has 21 heavy (non-hydrogen) atoms. The van der Waals surface area contributed by atoms with E-state index in [9.17, 15) is 0 Å². The Kier molecular flexibility index (Phi) is 4.88. The van der Waals surface area contributed by atoms with E-state index in [-0.39, 0.29) is 0 Å². The van der Waals surface area contributed by atoms with Crippen molar-refractivity contribution in [3.05, 3.63) is 59.2 Å². The third kappa shape index (κ3) is 3.37. The van der Waals surface area contributed by atoms with E-state index in [2.05, 4.69) is 84.0 Å². The average molecular weight is 280 g/mol. The minimum atomic E-state index is 0.538. The Morgan fingerprint density at radius 1 is 0.619 bits per heavy atom. The van der Waals surface area contributed by atoms with E-state index in [0.29, 0.717) is 17.8 Å². The summed E-state index contributed by atoms with van der Waals surface area (Å²) in [6.07, 6.45) is 0. The second-order valence-corrected chi connectivity index (χ2v) is 6.90. The summed E-state index contributed by atoms with van der Waals surface area (Å²) in [6, 6.07) is 15.7. The molecule has 0 radical (unpaired) electrons. The Morgan fingerprint density at radius 2 is 1.10 bits per heavy atom. The van der Waals surface area contributed by atoms with Gasteiger partial charge in [0.15, 0.2) is 0 Å². The van der Waals surface area contributed by atoms with Gasteiger partial charge in [-0.1, -0.05) is 84.0 Å². The summed E-state index contributed by atoms with van der Waals surface area (Å²) >= 11 is 0. The fraction of sp³-hybridized carbons (Fsp3) is 0.429. The smallest absolute Gasteiger partial charge is 0.0114 e. The van der Waals surface area contributed by atoms with E-state index >= 15 is 0 Å². The van der Waals surface area contributed by atoms with Gasteiger partial charge in [0.05, 0.1) is 0 Å². The van der Waals surface area contributed by atoms with Gasteiger partial charge in [0.2, 0.25) is 0 Å². The predicted octanol–water partition coefficient (Wildman–Crippen LogP) is 6.72. The molecule has 0 saturated heterocycles. The molecule has 0 N–H and O–H groups in total. The van der Waals surface area contributed by atoms with Gasteiger partial charge >= 0.3 is 0 Å². The van der Waals surface area contributed by atoms with Crippen molar-refractivity contribution in [2.24, 2.45) is 0 Å². The molecule has 0 aliphatic heterocycles. The highest BCUT2D eigenvalue weighted by Crippen LogP contribution is 2.38. The zero-order chi connectivity index (χ0) is 15.6. The largest absolute Gasteiger partial charge is 0.0622 e. The molecular formula is C21H28. The van der Waals surface area contributed by atoms with Gasteiger partial charge in [0, 0.05) is 0 Å². The molecule has 0 nitrogen and oxygen atoms in total.